The molecule has 11 heteroatoms. The van der Waals surface area contributed by atoms with Crippen molar-refractivity contribution in [2.45, 2.75) is 20.4 Å². The number of nitrogens with two attached hydrogens (primary N) is 2. The Labute approximate surface area is 199 Å². The minimum Gasteiger partial charge on any atom is -0.452 e. The van der Waals surface area contributed by atoms with Crippen molar-refractivity contribution < 1.29 is 18.7 Å². The molecule has 0 aliphatic heterocycles. The summed E-state index contributed by atoms with van der Waals surface area (Å²) in [6.45, 7) is 3.02. The van der Waals surface area contributed by atoms with Gasteiger partial charge >= 0.3 is 11.7 Å². The maximum atomic E-state index is 13.3. The smallest absolute Gasteiger partial charge is 0.340 e. The van der Waals surface area contributed by atoms with E-state index in [1.165, 1.54) is 0 Å². The van der Waals surface area contributed by atoms with E-state index in [1.54, 1.807) is 24.3 Å². The molecule has 0 aliphatic rings. The number of nitrogens with zero attached hydrogens (tertiary/aromatic N) is 2. The Kier molecular flexibility index (Phi) is 7.69. The lowest BCUT2D eigenvalue weighted by molar-refractivity contribution is -0.121. The summed E-state index contributed by atoms with van der Waals surface area (Å²) in [7, 11) is 0. The summed E-state index contributed by atoms with van der Waals surface area (Å²) in [5, 5.41) is 0. The van der Waals surface area contributed by atoms with Gasteiger partial charge in [0.25, 0.3) is 11.5 Å². The Morgan fingerprint density at radius 2 is 1.80 bits per heavy atom. The molecule has 35 heavy (non-hydrogen) atoms. The first-order valence-corrected chi connectivity index (χ1v) is 10.8. The van der Waals surface area contributed by atoms with Crippen LogP contribution in [-0.2, 0) is 16.1 Å². The molecule has 0 saturated carbocycles. The van der Waals surface area contributed by atoms with Crippen LogP contribution in [0, 0.1) is 11.7 Å². The van der Waals surface area contributed by atoms with Crippen molar-refractivity contribution in [3.8, 4) is 0 Å². The van der Waals surface area contributed by atoms with Crippen LogP contribution in [0.4, 0.5) is 21.6 Å². The van der Waals surface area contributed by atoms with E-state index in [0.29, 0.717) is 0 Å². The fourth-order valence-corrected chi connectivity index (χ4v) is 3.45. The third-order valence-corrected chi connectivity index (χ3v) is 5.08. The first kappa shape index (κ1) is 25.2. The summed E-state index contributed by atoms with van der Waals surface area (Å²) in [5.74, 6) is -2.61. The van der Waals surface area contributed by atoms with Crippen LogP contribution in [0.1, 0.15) is 29.8 Å². The Morgan fingerprint density at radius 1 is 1.11 bits per heavy atom. The highest BCUT2D eigenvalue weighted by Crippen LogP contribution is 2.20. The third kappa shape index (κ3) is 5.94. The minimum atomic E-state index is -0.934. The summed E-state index contributed by atoms with van der Waals surface area (Å²) in [6, 6.07) is 12.1. The van der Waals surface area contributed by atoms with Crippen LogP contribution in [0.25, 0.3) is 0 Å². The van der Waals surface area contributed by atoms with Crippen LogP contribution in [0.3, 0.4) is 0 Å². The number of ether oxygens (including phenoxy) is 1. The second kappa shape index (κ2) is 10.7. The number of rotatable bonds is 8. The van der Waals surface area contributed by atoms with Gasteiger partial charge in [0.05, 0.1) is 12.1 Å². The fraction of sp³-hybridized carbons (Fsp3) is 0.250. The van der Waals surface area contributed by atoms with Gasteiger partial charge < -0.3 is 21.1 Å². The maximum absolute atomic E-state index is 13.3. The highest BCUT2D eigenvalue weighted by molar-refractivity contribution is 6.00. The number of aromatic amines is 1. The van der Waals surface area contributed by atoms with E-state index in [4.69, 9.17) is 16.2 Å². The summed E-state index contributed by atoms with van der Waals surface area (Å²) in [5.41, 5.74) is 10.6. The summed E-state index contributed by atoms with van der Waals surface area (Å²) in [6.07, 6.45) is 0. The van der Waals surface area contributed by atoms with Crippen LogP contribution in [0.2, 0.25) is 0 Å². The molecule has 184 valence electrons. The van der Waals surface area contributed by atoms with E-state index in [9.17, 15) is 23.6 Å². The van der Waals surface area contributed by atoms with Crippen molar-refractivity contribution in [3.05, 3.63) is 86.3 Å². The number of carbonyl (C=O) groups excluding carboxylic acids is 2. The lowest BCUT2D eigenvalue weighted by Gasteiger charge is -2.26. The first-order valence-electron chi connectivity index (χ1n) is 10.8. The second-order valence-electron chi connectivity index (χ2n) is 8.27. The maximum Gasteiger partial charge on any atom is 0.340 e. The SMILES string of the molecule is CC(C)CN(C(=O)COC(=O)c1ccc(F)cc1N)c1c(N)n(Cc2ccccc2)c(=O)[nH]c1=O. The lowest BCUT2D eigenvalue weighted by atomic mass is 10.2. The molecule has 0 atom stereocenters. The molecule has 0 aliphatic carbocycles. The monoisotopic (exact) mass is 483 g/mol. The van der Waals surface area contributed by atoms with Crippen LogP contribution in [-0.4, -0.2) is 34.6 Å². The highest BCUT2D eigenvalue weighted by atomic mass is 19.1. The molecule has 0 bridgehead atoms. The molecular formula is C24H26FN5O5. The number of carbonyl (C=O) groups is 2. The topological polar surface area (TPSA) is 154 Å². The predicted octanol–water partition coefficient (Wildman–Crippen LogP) is 1.73. The average molecular weight is 484 g/mol. The van der Waals surface area contributed by atoms with E-state index < -0.39 is 35.5 Å². The zero-order valence-electron chi connectivity index (χ0n) is 19.3. The standard InChI is InChI=1S/C24H26FN5O5/c1-14(2)11-29(19(31)13-35-23(33)17-9-8-16(25)10-18(17)26)20-21(27)30(24(34)28-22(20)32)12-15-6-4-3-5-7-15/h3-10,14H,11-13,26-27H2,1-2H3,(H,28,32,34). The van der Waals surface area contributed by atoms with Gasteiger partial charge in [0.15, 0.2) is 12.3 Å². The van der Waals surface area contributed by atoms with E-state index in [-0.39, 0.29) is 41.8 Å². The molecule has 0 unspecified atom stereocenters. The number of amides is 1. The number of nitrogen functional groups attached to an aromatic ring is 2. The molecule has 3 rings (SSSR count). The summed E-state index contributed by atoms with van der Waals surface area (Å²) < 4.78 is 19.5. The van der Waals surface area contributed by atoms with Crippen LogP contribution in [0.15, 0.2) is 58.1 Å². The molecular weight excluding hydrogens is 457 g/mol. The van der Waals surface area contributed by atoms with Crippen molar-refractivity contribution in [2.75, 3.05) is 29.5 Å². The zero-order valence-corrected chi connectivity index (χ0v) is 19.3. The van der Waals surface area contributed by atoms with Crippen molar-refractivity contribution in [1.29, 1.82) is 0 Å². The molecule has 0 fully saturated rings. The van der Waals surface area contributed by atoms with Crippen molar-refractivity contribution >= 4 is 29.1 Å². The largest absolute Gasteiger partial charge is 0.452 e. The number of aromatic nitrogens is 2. The molecule has 10 nitrogen and oxygen atoms in total. The Balaban J connectivity index is 1.91. The first-order chi connectivity index (χ1) is 16.6. The fourth-order valence-electron chi connectivity index (χ4n) is 3.45. The van der Waals surface area contributed by atoms with E-state index in [2.05, 4.69) is 4.98 Å². The van der Waals surface area contributed by atoms with Gasteiger partial charge in [-0.2, -0.15) is 0 Å². The number of hydrogen-bond donors (Lipinski definition) is 3. The van der Waals surface area contributed by atoms with Gasteiger partial charge in [-0.1, -0.05) is 44.2 Å². The van der Waals surface area contributed by atoms with E-state index in [1.807, 2.05) is 19.9 Å². The minimum absolute atomic E-state index is 0.0614. The Morgan fingerprint density at radius 3 is 2.43 bits per heavy atom. The molecule has 1 aromatic heterocycles. The molecule has 5 N–H and O–H groups in total. The van der Waals surface area contributed by atoms with Crippen LogP contribution in [0.5, 0.6) is 0 Å². The molecule has 1 heterocycles. The predicted molar refractivity (Wildman–Crippen MR) is 130 cm³/mol. The van der Waals surface area contributed by atoms with Gasteiger partial charge in [0, 0.05) is 12.2 Å². The number of esters is 1. The van der Waals surface area contributed by atoms with E-state index >= 15 is 0 Å². The number of anilines is 3. The number of hydrogen-bond acceptors (Lipinski definition) is 7. The lowest BCUT2D eigenvalue weighted by Crippen LogP contribution is -2.44. The van der Waals surface area contributed by atoms with Gasteiger partial charge in [-0.25, -0.2) is 14.0 Å². The third-order valence-electron chi connectivity index (χ3n) is 5.08. The molecule has 2 aromatic carbocycles. The second-order valence-corrected chi connectivity index (χ2v) is 8.27. The molecule has 3 aromatic rings. The van der Waals surface area contributed by atoms with Gasteiger partial charge in [-0.3, -0.25) is 19.1 Å². The van der Waals surface area contributed by atoms with Gasteiger partial charge in [0.2, 0.25) is 0 Å². The number of nitrogens with one attached hydrogen (secondary N) is 1. The van der Waals surface area contributed by atoms with Gasteiger partial charge in [0.1, 0.15) is 11.6 Å². The number of benzene rings is 2. The Hall–Kier alpha value is -4.41. The molecule has 1 amide bonds. The van der Waals surface area contributed by atoms with Gasteiger partial charge in [-0.15, -0.1) is 0 Å². The van der Waals surface area contributed by atoms with Crippen LogP contribution >= 0.6 is 0 Å². The average Bonchev–Trinajstić information content (AvgIpc) is 2.79. The van der Waals surface area contributed by atoms with Crippen molar-refractivity contribution in [3.63, 3.8) is 0 Å². The van der Waals surface area contributed by atoms with Crippen LogP contribution < -0.4 is 27.6 Å². The summed E-state index contributed by atoms with van der Waals surface area (Å²) >= 11 is 0. The number of halogens is 1. The highest BCUT2D eigenvalue weighted by Gasteiger charge is 2.26. The summed E-state index contributed by atoms with van der Waals surface area (Å²) in [4.78, 5) is 53.9. The molecule has 0 saturated heterocycles. The molecule has 0 radical (unpaired) electrons. The molecule has 0 spiro atoms. The van der Waals surface area contributed by atoms with Crippen molar-refractivity contribution in [1.82, 2.24) is 9.55 Å². The zero-order chi connectivity index (χ0) is 25.7. The van der Waals surface area contributed by atoms with Crippen molar-refractivity contribution in [2.24, 2.45) is 5.92 Å². The quantitative estimate of drug-likeness (QED) is 0.326. The van der Waals surface area contributed by atoms with E-state index in [0.717, 1.165) is 33.2 Å². The van der Waals surface area contributed by atoms with Gasteiger partial charge in [-0.05, 0) is 29.7 Å². The normalized spacial score (nSPS) is 10.9. The Bertz CT molecular complexity index is 1350. The number of H-pyrrole nitrogens is 1.